The Morgan fingerprint density at radius 1 is 1.42 bits per heavy atom. The van der Waals surface area contributed by atoms with E-state index < -0.39 is 23.9 Å². The van der Waals surface area contributed by atoms with E-state index in [1.807, 2.05) is 0 Å². The monoisotopic (exact) mass is 270 g/mol. The molecular formula is C13H15FO5. The number of esters is 1. The van der Waals surface area contributed by atoms with Gasteiger partial charge in [-0.15, -0.1) is 0 Å². The molecule has 0 aliphatic carbocycles. The maximum atomic E-state index is 13.1. The fraction of sp³-hybridized carbons (Fsp3) is 0.385. The number of ether oxygens (including phenoxy) is 1. The van der Waals surface area contributed by atoms with Crippen molar-refractivity contribution in [2.75, 3.05) is 6.61 Å². The van der Waals surface area contributed by atoms with Crippen LogP contribution in [0.25, 0.3) is 0 Å². The Morgan fingerprint density at radius 2 is 2.11 bits per heavy atom. The Kier molecular flexibility index (Phi) is 5.44. The number of aliphatic hydroxyl groups is 1. The first-order chi connectivity index (χ1) is 8.95. The number of rotatable bonds is 6. The van der Waals surface area contributed by atoms with Crippen LogP contribution in [0.15, 0.2) is 18.2 Å². The van der Waals surface area contributed by atoms with Crippen molar-refractivity contribution in [2.45, 2.75) is 25.9 Å². The summed E-state index contributed by atoms with van der Waals surface area (Å²) in [5.41, 5.74) is 0.362. The largest absolute Gasteiger partial charge is 0.479 e. The Morgan fingerprint density at radius 3 is 2.68 bits per heavy atom. The number of aryl methyl sites for hydroxylation is 1. The first-order valence-corrected chi connectivity index (χ1v) is 5.80. The molecule has 0 amide bonds. The Hall–Kier alpha value is -1.95. The number of aliphatic hydroxyl groups excluding tert-OH is 1. The first-order valence-electron chi connectivity index (χ1n) is 5.80. The third-order valence-electron chi connectivity index (χ3n) is 2.54. The van der Waals surface area contributed by atoms with Gasteiger partial charge < -0.3 is 14.9 Å². The minimum Gasteiger partial charge on any atom is -0.479 e. The zero-order valence-corrected chi connectivity index (χ0v) is 10.4. The van der Waals surface area contributed by atoms with E-state index in [0.717, 1.165) is 12.1 Å². The van der Waals surface area contributed by atoms with Gasteiger partial charge in [0.15, 0.2) is 6.10 Å². The van der Waals surface area contributed by atoms with Gasteiger partial charge >= 0.3 is 11.9 Å². The summed E-state index contributed by atoms with van der Waals surface area (Å²) in [6.45, 7) is 1.91. The fourth-order valence-electron chi connectivity index (χ4n) is 1.66. The lowest BCUT2D eigenvalue weighted by Crippen LogP contribution is -2.14. The van der Waals surface area contributed by atoms with Gasteiger partial charge in [0.1, 0.15) is 5.82 Å². The molecular weight excluding hydrogens is 255 g/mol. The van der Waals surface area contributed by atoms with Crippen LogP contribution < -0.4 is 0 Å². The van der Waals surface area contributed by atoms with Crippen LogP contribution in [0.5, 0.6) is 0 Å². The van der Waals surface area contributed by atoms with E-state index in [9.17, 15) is 19.1 Å². The summed E-state index contributed by atoms with van der Waals surface area (Å²) in [5.74, 6) is -2.44. The first kappa shape index (κ1) is 15.1. The van der Waals surface area contributed by atoms with Crippen LogP contribution in [0.1, 0.15) is 30.6 Å². The van der Waals surface area contributed by atoms with Gasteiger partial charge in [-0.25, -0.2) is 9.18 Å². The molecule has 6 heteroatoms. The van der Waals surface area contributed by atoms with E-state index in [1.165, 1.54) is 6.07 Å². The van der Waals surface area contributed by atoms with Crippen molar-refractivity contribution < 1.29 is 28.9 Å². The molecule has 0 fully saturated rings. The minimum atomic E-state index is -1.74. The molecule has 0 heterocycles. The fourth-order valence-corrected chi connectivity index (χ4v) is 1.66. The summed E-state index contributed by atoms with van der Waals surface area (Å²) >= 11 is 0. The zero-order chi connectivity index (χ0) is 14.4. The van der Waals surface area contributed by atoms with E-state index in [1.54, 1.807) is 6.92 Å². The van der Waals surface area contributed by atoms with Crippen molar-refractivity contribution in [2.24, 2.45) is 0 Å². The number of hydrogen-bond acceptors (Lipinski definition) is 4. The lowest BCUT2D eigenvalue weighted by atomic mass is 9.98. The minimum absolute atomic E-state index is 0.00334. The molecule has 5 nitrogen and oxygen atoms in total. The van der Waals surface area contributed by atoms with Gasteiger partial charge in [0.05, 0.1) is 6.61 Å². The van der Waals surface area contributed by atoms with Crippen LogP contribution in [0.4, 0.5) is 4.39 Å². The second kappa shape index (κ2) is 6.84. The third-order valence-corrected chi connectivity index (χ3v) is 2.54. The maximum absolute atomic E-state index is 13.1. The molecule has 1 aromatic carbocycles. The van der Waals surface area contributed by atoms with Crippen LogP contribution in [-0.4, -0.2) is 28.8 Å². The van der Waals surface area contributed by atoms with Crippen molar-refractivity contribution in [1.82, 2.24) is 0 Å². The van der Waals surface area contributed by atoms with Crippen LogP contribution in [0, 0.1) is 5.82 Å². The summed E-state index contributed by atoms with van der Waals surface area (Å²) in [6, 6.07) is 3.38. The van der Waals surface area contributed by atoms with E-state index >= 15 is 0 Å². The van der Waals surface area contributed by atoms with E-state index in [0.29, 0.717) is 0 Å². The predicted octanol–water partition coefficient (Wildman–Crippen LogP) is 1.44. The van der Waals surface area contributed by atoms with E-state index in [-0.39, 0.29) is 30.6 Å². The van der Waals surface area contributed by atoms with Gasteiger partial charge in [-0.1, -0.05) is 6.07 Å². The van der Waals surface area contributed by atoms with E-state index in [4.69, 9.17) is 9.84 Å². The van der Waals surface area contributed by atoms with Crippen molar-refractivity contribution in [3.63, 3.8) is 0 Å². The lowest BCUT2D eigenvalue weighted by molar-refractivity contribution is -0.147. The standard InChI is InChI=1S/C13H15FO5/c1-2-19-11(15)6-3-8-7-9(14)4-5-10(8)12(16)13(17)18/h4-5,7,12,16H,2-3,6H2,1H3,(H,17,18). The number of aliphatic carboxylic acids is 1. The van der Waals surface area contributed by atoms with Crippen LogP contribution in [0.2, 0.25) is 0 Å². The molecule has 0 spiro atoms. The molecule has 0 aromatic heterocycles. The molecule has 0 aliphatic rings. The third kappa shape index (κ3) is 4.33. The lowest BCUT2D eigenvalue weighted by Gasteiger charge is -2.12. The Balaban J connectivity index is 2.88. The van der Waals surface area contributed by atoms with Gasteiger partial charge in [-0.2, -0.15) is 0 Å². The number of carbonyl (C=O) groups is 2. The molecule has 1 rings (SSSR count). The molecule has 0 saturated heterocycles. The smallest absolute Gasteiger partial charge is 0.337 e. The molecule has 1 aromatic rings. The summed E-state index contributed by atoms with van der Waals surface area (Å²) in [5, 5.41) is 18.3. The van der Waals surface area contributed by atoms with Gasteiger partial charge in [-0.3, -0.25) is 4.79 Å². The highest BCUT2D eigenvalue weighted by molar-refractivity contribution is 5.75. The van der Waals surface area contributed by atoms with Crippen molar-refractivity contribution >= 4 is 11.9 Å². The predicted molar refractivity (Wildman–Crippen MR) is 63.9 cm³/mol. The number of carbonyl (C=O) groups excluding carboxylic acids is 1. The van der Waals surface area contributed by atoms with Gasteiger partial charge in [0, 0.05) is 6.42 Å². The highest BCUT2D eigenvalue weighted by Crippen LogP contribution is 2.21. The SMILES string of the molecule is CCOC(=O)CCc1cc(F)ccc1C(O)C(=O)O. The highest BCUT2D eigenvalue weighted by atomic mass is 19.1. The summed E-state index contributed by atoms with van der Waals surface area (Å²) in [4.78, 5) is 22.0. The molecule has 104 valence electrons. The van der Waals surface area contributed by atoms with Crippen LogP contribution in [-0.2, 0) is 20.7 Å². The normalized spacial score (nSPS) is 11.9. The van der Waals surface area contributed by atoms with Crippen molar-refractivity contribution in [3.05, 3.63) is 35.1 Å². The van der Waals surface area contributed by atoms with Gasteiger partial charge in [0.2, 0.25) is 0 Å². The Bertz CT molecular complexity index is 472. The Labute approximate surface area is 109 Å². The van der Waals surface area contributed by atoms with Crippen LogP contribution in [0.3, 0.4) is 0 Å². The number of carboxylic acids is 1. The molecule has 19 heavy (non-hydrogen) atoms. The highest BCUT2D eigenvalue weighted by Gasteiger charge is 2.20. The summed E-state index contributed by atoms with van der Waals surface area (Å²) < 4.78 is 17.9. The number of halogens is 1. The molecule has 1 atom stereocenters. The molecule has 1 unspecified atom stereocenters. The quantitative estimate of drug-likeness (QED) is 0.764. The second-order valence-corrected chi connectivity index (χ2v) is 3.89. The topological polar surface area (TPSA) is 83.8 Å². The van der Waals surface area contributed by atoms with Crippen molar-refractivity contribution in [3.8, 4) is 0 Å². The number of hydrogen-bond donors (Lipinski definition) is 2. The summed E-state index contributed by atoms with van der Waals surface area (Å²) in [7, 11) is 0. The van der Waals surface area contributed by atoms with Crippen molar-refractivity contribution in [1.29, 1.82) is 0 Å². The average molecular weight is 270 g/mol. The van der Waals surface area contributed by atoms with Gasteiger partial charge in [-0.05, 0) is 36.6 Å². The molecule has 0 radical (unpaired) electrons. The molecule has 0 aliphatic heterocycles. The molecule has 0 bridgehead atoms. The number of carboxylic acid groups (broad SMARTS) is 1. The maximum Gasteiger partial charge on any atom is 0.337 e. The van der Waals surface area contributed by atoms with Crippen LogP contribution >= 0.6 is 0 Å². The van der Waals surface area contributed by atoms with Gasteiger partial charge in [0.25, 0.3) is 0 Å². The average Bonchev–Trinajstić information content (AvgIpc) is 2.36. The molecule has 2 N–H and O–H groups in total. The van der Waals surface area contributed by atoms with E-state index in [2.05, 4.69) is 0 Å². The second-order valence-electron chi connectivity index (χ2n) is 3.89. The molecule has 0 saturated carbocycles. The number of benzene rings is 1. The summed E-state index contributed by atoms with van der Waals surface area (Å²) in [6.07, 6.45) is -1.63. The zero-order valence-electron chi connectivity index (χ0n) is 10.4.